The lowest BCUT2D eigenvalue weighted by Crippen LogP contribution is -2.63. The van der Waals surface area contributed by atoms with Crippen LogP contribution in [-0.4, -0.2) is 140 Å². The number of fused-ring (bicyclic) bond motifs is 5. The average Bonchev–Trinajstić information content (AvgIpc) is 1.79. The second-order valence-electron chi connectivity index (χ2n) is 21.7. The van der Waals surface area contributed by atoms with Gasteiger partial charge in [-0.15, -0.1) is 0 Å². The molecule has 9 atom stereocenters. The summed E-state index contributed by atoms with van der Waals surface area (Å²) in [6, 6.07) is 2.22. The molecule has 2 fully saturated rings. The number of rotatable bonds is 22. The maximum absolute atomic E-state index is 15.0. The minimum atomic E-state index is -5.17. The number of urea groups is 1. The summed E-state index contributed by atoms with van der Waals surface area (Å²) in [5.74, 6) is -4.38. The number of halogens is 5. The zero-order chi connectivity index (χ0) is 63.1. The molecule has 468 valence electrons. The number of epoxide rings is 1. The number of unbranched alkanes of at least 4 members (excludes halogenated alkanes) is 2. The average molecular weight is 1280 g/mol. The number of alkyl halides is 4. The van der Waals surface area contributed by atoms with Crippen molar-refractivity contribution in [1.82, 2.24) is 26.6 Å². The van der Waals surface area contributed by atoms with Crippen LogP contribution in [0.15, 0.2) is 66.3 Å². The number of anilines is 3. The molecule has 3 aliphatic heterocycles. The van der Waals surface area contributed by atoms with Crippen molar-refractivity contribution in [2.75, 3.05) is 55.2 Å². The van der Waals surface area contributed by atoms with E-state index in [1.165, 1.54) is 33.1 Å². The summed E-state index contributed by atoms with van der Waals surface area (Å²) in [6.07, 6.45) is -6.04. The summed E-state index contributed by atoms with van der Waals surface area (Å²) >= 11 is 9.96. The third kappa shape index (κ3) is 19.0. The molecule has 0 spiro atoms. The van der Waals surface area contributed by atoms with E-state index < -0.39 is 131 Å². The molecule has 0 unspecified atom stereocenters. The number of primary amides is 1. The molecule has 28 heteroatoms. The second-order valence-corrected chi connectivity index (χ2v) is 22.6. The first-order valence-corrected chi connectivity index (χ1v) is 29.0. The van der Waals surface area contributed by atoms with Gasteiger partial charge in [-0.1, -0.05) is 85.1 Å². The molecule has 23 nitrogen and oxygen atoms in total. The number of allylic oxidation sites excluding steroid dienone is 3. The van der Waals surface area contributed by atoms with Gasteiger partial charge < -0.3 is 66.0 Å². The quantitative estimate of drug-likeness (QED) is 0.0247. The molecule has 2 aromatic rings. The minimum absolute atomic E-state index is 0.0170. The van der Waals surface area contributed by atoms with Gasteiger partial charge in [0.1, 0.15) is 46.8 Å². The van der Waals surface area contributed by atoms with Gasteiger partial charge in [-0.3, -0.25) is 34.6 Å². The van der Waals surface area contributed by atoms with E-state index in [0.717, 1.165) is 17.7 Å². The number of ether oxygens (including phenoxy) is 5. The molecule has 0 aromatic heterocycles. The van der Waals surface area contributed by atoms with Crippen molar-refractivity contribution in [1.29, 1.82) is 0 Å². The molecular weight excluding hydrogens is 1210 g/mol. The third-order valence-electron chi connectivity index (χ3n) is 14.7. The second kappa shape index (κ2) is 30.4. The fourth-order valence-electron chi connectivity index (χ4n) is 9.87. The number of carbonyl (C=O) groups is 8. The normalized spacial score (nSPS) is 24.1. The van der Waals surface area contributed by atoms with E-state index in [9.17, 15) is 43.5 Å². The Labute approximate surface area is 504 Å². The monoisotopic (exact) mass is 1280 g/mol. The topological polar surface area (TPSA) is 320 Å². The van der Waals surface area contributed by atoms with Crippen molar-refractivity contribution in [2.24, 2.45) is 17.6 Å². The van der Waals surface area contributed by atoms with Crippen LogP contribution in [0.5, 0.6) is 5.75 Å². The van der Waals surface area contributed by atoms with Gasteiger partial charge >= 0.3 is 24.4 Å². The van der Waals surface area contributed by atoms with E-state index in [1.54, 1.807) is 51.1 Å². The van der Waals surface area contributed by atoms with E-state index in [0.29, 0.717) is 54.8 Å². The first-order valence-electron chi connectivity index (χ1n) is 27.5. The Morgan fingerprint density at radius 2 is 1.72 bits per heavy atom. The Kier molecular flexibility index (Phi) is 24.6. The van der Waals surface area contributed by atoms with Crippen LogP contribution in [0, 0.1) is 11.8 Å². The van der Waals surface area contributed by atoms with E-state index in [4.69, 9.17) is 41.0 Å². The lowest BCUT2D eigenvalue weighted by Gasteiger charge is -2.42. The highest BCUT2D eigenvalue weighted by molar-refractivity contribution is 9.09. The molecule has 0 radical (unpaired) electrons. The van der Waals surface area contributed by atoms with Crippen molar-refractivity contribution in [3.63, 3.8) is 0 Å². The molecule has 0 aliphatic carbocycles. The highest BCUT2D eigenvalue weighted by Gasteiger charge is 2.64. The molecule has 10 N–H and O–H groups in total. The van der Waals surface area contributed by atoms with Gasteiger partial charge in [0.25, 0.3) is 0 Å². The molecule has 3 aliphatic rings. The van der Waals surface area contributed by atoms with Crippen LogP contribution in [0.2, 0.25) is 5.02 Å². The Morgan fingerprint density at radius 1 is 1.01 bits per heavy atom. The number of amides is 9. The Morgan fingerprint density at radius 3 is 2.36 bits per heavy atom. The minimum Gasteiger partial charge on any atom is -0.495 e. The molecule has 0 saturated carbocycles. The van der Waals surface area contributed by atoms with Crippen LogP contribution in [0.25, 0.3) is 0 Å². The standard InChI is InChI=1S/C57H76BrClF3N9O14/c1-30(2)47(69-44(72)18-11-10-12-21-64-49(74)32(4)29-58)51(76)68-38(16-14-22-65-52(63)77)50(75)67-37-20-19-35(26-36(37)57(60,61)62)66-53(78)84-43-27-45(73)71(7)39-24-34(25-40(81-8)46(39)59)23-31(3)15-13-17-42(82-9)56(80)28-41(83-54(79)70-56)33(5)48-55(43,6)85-48/h13,15,17,19-20,24-26,30,33,38,41-43,47-48,80H,4,10-12,14,16,18,21-23,27-29H2,1-3,5-9H3,(H,64,74)(H,66,78)(H,67,75)(H,68,76)(H,69,72)(H,70,79)(H3,63,65,77)/b17-13+,31-15+/t33-,38+,41+,42-,43+,47+,48+,55+,56+/m1/s1. The van der Waals surface area contributed by atoms with E-state index in [1.807, 2.05) is 6.92 Å². The van der Waals surface area contributed by atoms with Crippen LogP contribution in [0.1, 0.15) is 97.1 Å². The van der Waals surface area contributed by atoms with E-state index in [2.05, 4.69) is 59.7 Å². The Hall–Kier alpha value is -6.94. The van der Waals surface area contributed by atoms with Crippen LogP contribution >= 0.6 is 27.5 Å². The number of carbonyl (C=O) groups excluding carboxylic acids is 8. The van der Waals surface area contributed by atoms with Crippen LogP contribution in [0.4, 0.5) is 44.6 Å². The summed E-state index contributed by atoms with van der Waals surface area (Å²) in [5.41, 5.74) is 1.11. The summed E-state index contributed by atoms with van der Waals surface area (Å²) < 4.78 is 74.0. The smallest absolute Gasteiger partial charge is 0.418 e. The highest BCUT2D eigenvalue weighted by atomic mass is 79.9. The SMILES string of the molecule is C=C(CBr)C(=O)NCCCCCC(=O)N[C@H](C(=O)N[C@@H](CCCNC(N)=O)C(=O)Nc1ccc(NC(=O)O[C@H]2CC(=O)N(C)c3cc(cc(OC)c3Cl)C/C(C)=C/C=C/[C@@H](OC)[C@@]3(O)C[C@H](OC(=O)N3)[C@@H](C)[C@@H]3O[C@@]23C)cc1C(F)(F)F)C(C)C. The number of hydrogen-bond acceptors (Lipinski definition) is 14. The van der Waals surface area contributed by atoms with Crippen LogP contribution in [0.3, 0.4) is 0 Å². The number of aliphatic hydroxyl groups is 1. The maximum atomic E-state index is 15.0. The van der Waals surface area contributed by atoms with Gasteiger partial charge in [0.15, 0.2) is 5.72 Å². The number of nitrogens with zero attached hydrogens (tertiary/aromatic N) is 1. The molecule has 3 heterocycles. The summed E-state index contributed by atoms with van der Waals surface area (Å²) in [7, 11) is 4.20. The van der Waals surface area contributed by atoms with Crippen molar-refractivity contribution < 1.29 is 80.3 Å². The third-order valence-corrected chi connectivity index (χ3v) is 15.8. The first-order chi connectivity index (χ1) is 39.9. The van der Waals surface area contributed by atoms with Crippen LogP contribution < -0.4 is 52.6 Å². The number of methoxy groups -OCH3 is 2. The van der Waals surface area contributed by atoms with Crippen LogP contribution in [-0.2, 0) is 55.5 Å². The molecule has 4 bridgehead atoms. The van der Waals surface area contributed by atoms with E-state index in [-0.39, 0.29) is 54.6 Å². The number of hydrogen-bond donors (Lipinski definition) is 9. The summed E-state index contributed by atoms with van der Waals surface area (Å²) in [4.78, 5) is 107. The van der Waals surface area contributed by atoms with Gasteiger partial charge in [0.05, 0.1) is 36.6 Å². The molecule has 85 heavy (non-hydrogen) atoms. The maximum Gasteiger partial charge on any atom is 0.418 e. The van der Waals surface area contributed by atoms with Crippen molar-refractivity contribution in [2.45, 2.75) is 146 Å². The predicted molar refractivity (Wildman–Crippen MR) is 313 cm³/mol. The van der Waals surface area contributed by atoms with E-state index >= 15 is 13.2 Å². The van der Waals surface area contributed by atoms with Crippen molar-refractivity contribution in [3.05, 3.63) is 82.4 Å². The lowest BCUT2D eigenvalue weighted by molar-refractivity contribution is -0.142. The molecule has 2 aromatic carbocycles. The molecule has 5 rings (SSSR count). The van der Waals surface area contributed by atoms with Gasteiger partial charge in [0.2, 0.25) is 29.5 Å². The lowest BCUT2D eigenvalue weighted by atomic mass is 9.83. The largest absolute Gasteiger partial charge is 0.495 e. The summed E-state index contributed by atoms with van der Waals surface area (Å²) in [5, 5.41) is 29.5. The predicted octanol–water partition coefficient (Wildman–Crippen LogP) is 7.03. The number of benzene rings is 2. The Bertz CT molecular complexity index is 2880. The molecular formula is C57H76BrClF3N9O14. The Balaban J connectivity index is 1.38. The fraction of sp³-hybridized carbons (Fsp3) is 0.544. The molecule has 2 saturated heterocycles. The van der Waals surface area contributed by atoms with Gasteiger partial charge in [-0.25, -0.2) is 14.4 Å². The first kappa shape index (κ1) is 68.8. The van der Waals surface area contributed by atoms with Crippen molar-refractivity contribution >= 4 is 92.3 Å². The zero-order valence-corrected chi connectivity index (χ0v) is 50.9. The zero-order valence-electron chi connectivity index (χ0n) is 48.6. The van der Waals surface area contributed by atoms with Gasteiger partial charge in [-0.2, -0.15) is 13.2 Å². The fourth-order valence-corrected chi connectivity index (χ4v) is 10.4. The summed E-state index contributed by atoms with van der Waals surface area (Å²) in [6.45, 7) is 12.3. The number of nitrogens with two attached hydrogens (primary N) is 1. The highest BCUT2D eigenvalue weighted by Crippen LogP contribution is 2.49. The van der Waals surface area contributed by atoms with Crippen molar-refractivity contribution in [3.8, 4) is 5.75 Å². The molecule has 9 amide bonds. The number of alkyl carbamates (subject to hydrolysis) is 1. The number of nitrogens with one attached hydrogen (secondary N) is 7. The van der Waals surface area contributed by atoms with Gasteiger partial charge in [-0.05, 0) is 87.8 Å². The van der Waals surface area contributed by atoms with Gasteiger partial charge in [0, 0.05) is 62.6 Å².